The lowest BCUT2D eigenvalue weighted by Crippen LogP contribution is -2.63. The topological polar surface area (TPSA) is 84.9 Å². The summed E-state index contributed by atoms with van der Waals surface area (Å²) in [5.74, 6) is 2.07. The molecule has 1 saturated heterocycles. The number of amides is 4. The van der Waals surface area contributed by atoms with Crippen LogP contribution in [-0.4, -0.2) is 35.6 Å². The maximum atomic E-state index is 13.5. The maximum Gasteiger partial charge on any atom is 0.331 e. The average Bonchev–Trinajstić information content (AvgIpc) is 3.17. The Morgan fingerprint density at radius 1 is 1.06 bits per heavy atom. The Morgan fingerprint density at radius 3 is 2.28 bits per heavy atom. The van der Waals surface area contributed by atoms with Crippen LogP contribution in [0.4, 0.5) is 4.79 Å². The number of carbonyl (C=O) groups is 3. The van der Waals surface area contributed by atoms with Gasteiger partial charge in [0.05, 0.1) is 0 Å². The zero-order chi connectivity index (χ0) is 22.2. The normalized spacial score (nSPS) is 34.9. The largest absolute Gasteiger partial charge is 0.454 e. The van der Waals surface area contributed by atoms with Crippen LogP contribution < -0.4 is 14.8 Å². The van der Waals surface area contributed by atoms with Gasteiger partial charge in [-0.3, -0.25) is 19.8 Å². The molecule has 0 radical (unpaired) electrons. The lowest BCUT2D eigenvalue weighted by Gasteiger charge is -2.60. The molecular weight excluding hydrogens is 476 g/mol. The highest BCUT2D eigenvalue weighted by atomic mass is 79.9. The fourth-order valence-electron chi connectivity index (χ4n) is 7.19. The number of carbonyl (C=O) groups excluding carboxylic acids is 3. The highest BCUT2D eigenvalue weighted by Gasteiger charge is 2.56. The van der Waals surface area contributed by atoms with E-state index in [9.17, 15) is 14.4 Å². The van der Waals surface area contributed by atoms with E-state index in [0.717, 1.165) is 19.3 Å². The summed E-state index contributed by atoms with van der Waals surface area (Å²) in [5, 5.41) is 2.40. The number of hydrogen-bond acceptors (Lipinski definition) is 5. The van der Waals surface area contributed by atoms with Crippen LogP contribution in [0.5, 0.6) is 11.5 Å². The molecule has 7 nitrogen and oxygen atoms in total. The Bertz CT molecular complexity index is 1050. The first-order chi connectivity index (χ1) is 15.3. The van der Waals surface area contributed by atoms with Gasteiger partial charge in [0.1, 0.15) is 5.57 Å². The Labute approximate surface area is 194 Å². The molecule has 5 fully saturated rings. The molecule has 1 aromatic carbocycles. The first kappa shape index (κ1) is 20.3. The summed E-state index contributed by atoms with van der Waals surface area (Å²) in [5.41, 5.74) is 0.539. The molecule has 32 heavy (non-hydrogen) atoms. The number of urea groups is 1. The van der Waals surface area contributed by atoms with E-state index in [1.54, 1.807) is 12.1 Å². The lowest BCUT2D eigenvalue weighted by molar-refractivity contribution is -0.139. The summed E-state index contributed by atoms with van der Waals surface area (Å²) in [4.78, 5) is 40.4. The third kappa shape index (κ3) is 3.02. The summed E-state index contributed by atoms with van der Waals surface area (Å²) < 4.78 is 11.5. The van der Waals surface area contributed by atoms with Gasteiger partial charge in [-0.05, 0) is 92.4 Å². The van der Waals surface area contributed by atoms with Crippen molar-refractivity contribution in [2.75, 3.05) is 6.79 Å². The standard InChI is InChI=1S/C24H25BrN2O5/c1-12(24-8-13-2-14(9-24)4-15(3-13)10-24)27-22(29)17(21(28)26-23(27)30)5-16-6-19-20(7-18(16)25)32-11-31-19/h5-7,12-15H,2-4,8-11H2,1H3,(H,26,28,30)/b17-5+/t12-,13?,14?,15?,24?/m1/s1. The molecule has 0 aromatic heterocycles. The fraction of sp³-hybridized carbons (Fsp3) is 0.542. The number of nitrogens with one attached hydrogen (secondary N) is 1. The van der Waals surface area contributed by atoms with Crippen molar-refractivity contribution < 1.29 is 23.9 Å². The van der Waals surface area contributed by atoms with E-state index in [1.165, 1.54) is 30.2 Å². The second-order valence-corrected chi connectivity index (χ2v) is 11.0. The van der Waals surface area contributed by atoms with Crippen molar-refractivity contribution in [1.82, 2.24) is 10.2 Å². The number of nitrogens with zero attached hydrogens (tertiary/aromatic N) is 1. The van der Waals surface area contributed by atoms with Crippen molar-refractivity contribution in [2.24, 2.45) is 23.2 Å². The van der Waals surface area contributed by atoms with Crippen LogP contribution in [0.25, 0.3) is 6.08 Å². The zero-order valence-electron chi connectivity index (χ0n) is 17.9. The average molecular weight is 501 g/mol. The van der Waals surface area contributed by atoms with Crippen LogP contribution in [-0.2, 0) is 9.59 Å². The minimum atomic E-state index is -0.668. The molecule has 7 rings (SSSR count). The van der Waals surface area contributed by atoms with Gasteiger partial charge in [-0.1, -0.05) is 15.9 Å². The second-order valence-electron chi connectivity index (χ2n) is 10.2. The quantitative estimate of drug-likeness (QED) is 0.495. The van der Waals surface area contributed by atoms with Crippen LogP contribution in [0.2, 0.25) is 0 Å². The van der Waals surface area contributed by atoms with E-state index in [-0.39, 0.29) is 23.8 Å². The summed E-state index contributed by atoms with van der Waals surface area (Å²) in [6, 6.07) is 2.62. The number of benzene rings is 1. The third-order valence-corrected chi connectivity index (χ3v) is 8.97. The van der Waals surface area contributed by atoms with Gasteiger partial charge < -0.3 is 9.47 Å². The Kier molecular flexibility index (Phi) is 4.48. The van der Waals surface area contributed by atoms with Crippen molar-refractivity contribution in [3.05, 3.63) is 27.7 Å². The van der Waals surface area contributed by atoms with Crippen LogP contribution in [0.1, 0.15) is 51.0 Å². The molecule has 2 heterocycles. The highest BCUT2D eigenvalue weighted by Crippen LogP contribution is 2.62. The minimum absolute atomic E-state index is 0.0351. The van der Waals surface area contributed by atoms with E-state index in [1.807, 2.05) is 6.92 Å². The van der Waals surface area contributed by atoms with E-state index < -0.39 is 17.8 Å². The number of hydrogen-bond donors (Lipinski definition) is 1. The molecule has 6 aliphatic rings. The second kappa shape index (κ2) is 7.07. The smallest absolute Gasteiger partial charge is 0.331 e. The molecule has 1 aromatic rings. The van der Waals surface area contributed by atoms with E-state index in [0.29, 0.717) is 39.3 Å². The van der Waals surface area contributed by atoms with Gasteiger partial charge in [0, 0.05) is 10.5 Å². The number of imide groups is 2. The van der Waals surface area contributed by atoms with Crippen LogP contribution >= 0.6 is 15.9 Å². The monoisotopic (exact) mass is 500 g/mol. The minimum Gasteiger partial charge on any atom is -0.454 e. The van der Waals surface area contributed by atoms with Gasteiger partial charge in [0.25, 0.3) is 11.8 Å². The van der Waals surface area contributed by atoms with Gasteiger partial charge in [-0.2, -0.15) is 0 Å². The molecule has 168 valence electrons. The third-order valence-electron chi connectivity index (χ3n) is 8.28. The van der Waals surface area contributed by atoms with Gasteiger partial charge in [-0.25, -0.2) is 4.79 Å². The summed E-state index contributed by atoms with van der Waals surface area (Å²) in [7, 11) is 0. The Balaban J connectivity index is 1.34. The van der Waals surface area contributed by atoms with Crippen molar-refractivity contribution >= 4 is 39.9 Å². The highest BCUT2D eigenvalue weighted by molar-refractivity contribution is 9.10. The van der Waals surface area contributed by atoms with Crippen molar-refractivity contribution in [2.45, 2.75) is 51.5 Å². The summed E-state index contributed by atoms with van der Waals surface area (Å²) in [6.07, 6.45) is 8.58. The van der Waals surface area contributed by atoms with Crippen molar-refractivity contribution in [3.63, 3.8) is 0 Å². The van der Waals surface area contributed by atoms with E-state index in [2.05, 4.69) is 21.2 Å². The molecule has 4 aliphatic carbocycles. The number of halogens is 1. The molecule has 4 saturated carbocycles. The van der Waals surface area contributed by atoms with Crippen LogP contribution in [0.3, 0.4) is 0 Å². The fourth-order valence-corrected chi connectivity index (χ4v) is 7.62. The predicted octanol–water partition coefficient (Wildman–Crippen LogP) is 4.24. The van der Waals surface area contributed by atoms with Crippen LogP contribution in [0, 0.1) is 23.2 Å². The molecule has 2 aliphatic heterocycles. The summed E-state index contributed by atoms with van der Waals surface area (Å²) in [6.45, 7) is 2.13. The lowest BCUT2D eigenvalue weighted by atomic mass is 9.47. The van der Waals surface area contributed by atoms with E-state index in [4.69, 9.17) is 9.47 Å². The van der Waals surface area contributed by atoms with Gasteiger partial charge in [0.15, 0.2) is 11.5 Å². The van der Waals surface area contributed by atoms with Crippen LogP contribution in [0.15, 0.2) is 22.2 Å². The number of barbiturate groups is 1. The zero-order valence-corrected chi connectivity index (χ0v) is 19.4. The molecule has 4 bridgehead atoms. The molecule has 0 unspecified atom stereocenters. The Hall–Kier alpha value is -2.35. The van der Waals surface area contributed by atoms with Crippen molar-refractivity contribution in [1.29, 1.82) is 0 Å². The maximum absolute atomic E-state index is 13.5. The number of rotatable bonds is 3. The molecular formula is C24H25BrN2O5. The van der Waals surface area contributed by atoms with Crippen molar-refractivity contribution in [3.8, 4) is 11.5 Å². The first-order valence-electron chi connectivity index (χ1n) is 11.3. The van der Waals surface area contributed by atoms with Gasteiger partial charge in [0.2, 0.25) is 6.79 Å². The predicted molar refractivity (Wildman–Crippen MR) is 119 cm³/mol. The molecule has 0 spiro atoms. The molecule has 8 heteroatoms. The number of fused-ring (bicyclic) bond motifs is 1. The Morgan fingerprint density at radius 2 is 1.66 bits per heavy atom. The van der Waals surface area contributed by atoms with E-state index >= 15 is 0 Å². The summed E-state index contributed by atoms with van der Waals surface area (Å²) >= 11 is 3.48. The molecule has 1 N–H and O–H groups in total. The van der Waals surface area contributed by atoms with Gasteiger partial charge in [-0.15, -0.1) is 0 Å². The van der Waals surface area contributed by atoms with Gasteiger partial charge >= 0.3 is 6.03 Å². The molecule has 1 atom stereocenters. The molecule has 4 amide bonds. The first-order valence-corrected chi connectivity index (χ1v) is 12.1. The number of ether oxygens (including phenoxy) is 2. The SMILES string of the molecule is C[C@@H](N1C(=O)NC(=O)/C(=C\c2cc3c(cc2Br)OCO3)C1=O)C12CC3CC(CC(C3)C1)C2.